The Morgan fingerprint density at radius 3 is 2.35 bits per heavy atom. The molecular weight excluding hydrogens is 403 g/mol. The fourth-order valence-corrected chi connectivity index (χ4v) is 5.13. The van der Waals surface area contributed by atoms with Gasteiger partial charge in [0.2, 0.25) is 0 Å². The third kappa shape index (κ3) is 5.28. The molecule has 2 heterocycles. The Labute approximate surface area is 182 Å². The van der Waals surface area contributed by atoms with Gasteiger partial charge in [-0.2, -0.15) is 0 Å². The maximum atomic E-state index is 14.8. The number of nitrogens with one attached hydrogen (secondary N) is 2. The summed E-state index contributed by atoms with van der Waals surface area (Å²) in [5.41, 5.74) is 1.19. The number of hydrogen-bond donors (Lipinski definition) is 5. The number of aliphatic hydroxyl groups is 2. The highest BCUT2D eigenvalue weighted by Gasteiger charge is 2.31. The van der Waals surface area contributed by atoms with Crippen molar-refractivity contribution in [3.8, 4) is 0 Å². The van der Waals surface area contributed by atoms with Crippen LogP contribution in [0, 0.1) is 11.7 Å². The molecule has 3 unspecified atom stereocenters. The molecule has 5 N–H and O–H groups in total. The molecule has 2 saturated heterocycles. The van der Waals surface area contributed by atoms with Crippen molar-refractivity contribution in [1.82, 2.24) is 10.2 Å². The van der Waals surface area contributed by atoms with E-state index in [4.69, 9.17) is 0 Å². The Morgan fingerprint density at radius 2 is 1.74 bits per heavy atom. The molecule has 1 saturated carbocycles. The summed E-state index contributed by atoms with van der Waals surface area (Å²) in [6, 6.07) is 5.22. The van der Waals surface area contributed by atoms with Crippen LogP contribution in [-0.4, -0.2) is 76.9 Å². The quantitative estimate of drug-likeness (QED) is 0.471. The van der Waals surface area contributed by atoms with E-state index in [1.165, 1.54) is 6.07 Å². The van der Waals surface area contributed by atoms with Gasteiger partial charge in [-0.3, -0.25) is 15.0 Å². The van der Waals surface area contributed by atoms with Gasteiger partial charge in [-0.1, -0.05) is 0 Å². The van der Waals surface area contributed by atoms with Gasteiger partial charge in [0.1, 0.15) is 18.3 Å². The van der Waals surface area contributed by atoms with Crippen molar-refractivity contribution in [2.45, 2.75) is 63.1 Å². The lowest BCUT2D eigenvalue weighted by Crippen LogP contribution is -2.53. The molecule has 0 bridgehead atoms. The maximum Gasteiger partial charge on any atom is 0.306 e. The molecule has 8 nitrogen and oxygen atoms in total. The van der Waals surface area contributed by atoms with Gasteiger partial charge in [-0.25, -0.2) is 4.39 Å². The van der Waals surface area contributed by atoms with Gasteiger partial charge in [-0.05, 0) is 56.7 Å². The molecule has 0 amide bonds. The minimum absolute atomic E-state index is 0.200. The van der Waals surface area contributed by atoms with Crippen LogP contribution in [0.5, 0.6) is 0 Å². The first kappa shape index (κ1) is 22.3. The molecule has 4 rings (SSSR count). The smallest absolute Gasteiger partial charge is 0.306 e. The number of nitrogens with zero attached hydrogens (tertiary/aromatic N) is 2. The summed E-state index contributed by atoms with van der Waals surface area (Å²) in [7, 11) is 0. The molecule has 3 aliphatic rings. The second kappa shape index (κ2) is 9.68. The molecule has 3 fully saturated rings. The summed E-state index contributed by atoms with van der Waals surface area (Å²) in [5, 5.41) is 34.6. The number of carbonyl (C=O) groups is 1. The van der Waals surface area contributed by atoms with Gasteiger partial charge < -0.3 is 25.5 Å². The Balaban J connectivity index is 1.29. The predicted molar refractivity (Wildman–Crippen MR) is 115 cm³/mol. The Kier molecular flexibility index (Phi) is 6.95. The largest absolute Gasteiger partial charge is 0.481 e. The van der Waals surface area contributed by atoms with Crippen LogP contribution in [0.3, 0.4) is 0 Å². The van der Waals surface area contributed by atoms with Crippen molar-refractivity contribution in [3.05, 3.63) is 24.0 Å². The van der Waals surface area contributed by atoms with Gasteiger partial charge in [0, 0.05) is 37.9 Å². The molecule has 172 valence electrons. The summed E-state index contributed by atoms with van der Waals surface area (Å²) in [6.07, 6.45) is 2.85. The van der Waals surface area contributed by atoms with Crippen LogP contribution < -0.4 is 15.5 Å². The standard InChI is InChI=1S/C22H33FN4O4/c23-17-13-15(24-18-6-8-20(28)25-21(18)29)3-7-19(17)27-11-9-26(10-12-27)16-4-1-14(2-5-16)22(30)31/h3,7,13-14,16,18,20-21,24-25,28-29H,1-2,4-6,8-12H2,(H,30,31). The zero-order valence-electron chi connectivity index (χ0n) is 17.7. The van der Waals surface area contributed by atoms with Crippen LogP contribution in [0.1, 0.15) is 38.5 Å². The highest BCUT2D eigenvalue weighted by molar-refractivity contribution is 5.70. The number of piperidine rings is 1. The van der Waals surface area contributed by atoms with E-state index >= 15 is 0 Å². The predicted octanol–water partition coefficient (Wildman–Crippen LogP) is 1.39. The zero-order valence-corrected chi connectivity index (χ0v) is 17.7. The number of aliphatic carboxylic acids is 1. The minimum atomic E-state index is -0.884. The lowest BCUT2D eigenvalue weighted by atomic mass is 9.85. The van der Waals surface area contributed by atoms with Crippen molar-refractivity contribution in [2.24, 2.45) is 5.92 Å². The molecule has 1 aromatic carbocycles. The number of benzene rings is 1. The van der Waals surface area contributed by atoms with E-state index in [1.807, 2.05) is 6.07 Å². The average Bonchev–Trinajstić information content (AvgIpc) is 2.76. The van der Waals surface area contributed by atoms with Crippen LogP contribution >= 0.6 is 0 Å². The van der Waals surface area contributed by atoms with Gasteiger partial charge in [-0.15, -0.1) is 0 Å². The van der Waals surface area contributed by atoms with Gasteiger partial charge >= 0.3 is 5.97 Å². The van der Waals surface area contributed by atoms with Gasteiger partial charge in [0.05, 0.1) is 17.6 Å². The maximum absolute atomic E-state index is 14.8. The van der Waals surface area contributed by atoms with Crippen LogP contribution in [0.2, 0.25) is 0 Å². The monoisotopic (exact) mass is 436 g/mol. The minimum Gasteiger partial charge on any atom is -0.481 e. The number of anilines is 2. The average molecular weight is 437 g/mol. The van der Waals surface area contributed by atoms with E-state index in [0.29, 0.717) is 30.3 Å². The lowest BCUT2D eigenvalue weighted by molar-refractivity contribution is -0.143. The van der Waals surface area contributed by atoms with Crippen molar-refractivity contribution in [1.29, 1.82) is 0 Å². The van der Waals surface area contributed by atoms with Gasteiger partial charge in [0.15, 0.2) is 0 Å². The summed E-state index contributed by atoms with van der Waals surface area (Å²) in [6.45, 7) is 3.19. The van der Waals surface area contributed by atoms with Crippen molar-refractivity contribution >= 4 is 17.3 Å². The Bertz CT molecular complexity index is 766. The summed E-state index contributed by atoms with van der Waals surface area (Å²) in [4.78, 5) is 15.6. The van der Waals surface area contributed by atoms with E-state index in [2.05, 4.69) is 20.4 Å². The Hall–Kier alpha value is -1.94. The zero-order chi connectivity index (χ0) is 22.0. The Morgan fingerprint density at radius 1 is 1.03 bits per heavy atom. The highest BCUT2D eigenvalue weighted by atomic mass is 19.1. The van der Waals surface area contributed by atoms with Crippen molar-refractivity contribution in [3.63, 3.8) is 0 Å². The normalized spacial score (nSPS) is 32.6. The molecule has 0 aromatic heterocycles. The first-order valence-electron chi connectivity index (χ1n) is 11.3. The van der Waals surface area contributed by atoms with E-state index < -0.39 is 18.4 Å². The van der Waals surface area contributed by atoms with Crippen LogP contribution in [0.4, 0.5) is 15.8 Å². The van der Waals surface area contributed by atoms with E-state index in [1.54, 1.807) is 6.07 Å². The van der Waals surface area contributed by atoms with Gasteiger partial charge in [0.25, 0.3) is 0 Å². The molecule has 0 spiro atoms. The summed E-state index contributed by atoms with van der Waals surface area (Å²) >= 11 is 0. The van der Waals surface area contributed by atoms with E-state index in [-0.39, 0.29) is 17.8 Å². The molecule has 2 aliphatic heterocycles. The van der Waals surface area contributed by atoms with Crippen LogP contribution in [-0.2, 0) is 4.79 Å². The van der Waals surface area contributed by atoms with Crippen LogP contribution in [0.25, 0.3) is 0 Å². The van der Waals surface area contributed by atoms with E-state index in [0.717, 1.165) is 51.9 Å². The first-order valence-corrected chi connectivity index (χ1v) is 11.3. The topological polar surface area (TPSA) is 108 Å². The number of hydrogen-bond acceptors (Lipinski definition) is 7. The lowest BCUT2D eigenvalue weighted by Gasteiger charge is -2.42. The van der Waals surface area contributed by atoms with Crippen LogP contribution in [0.15, 0.2) is 18.2 Å². The first-order chi connectivity index (χ1) is 14.9. The molecule has 9 heteroatoms. The molecular formula is C22H33FN4O4. The molecule has 1 aliphatic carbocycles. The van der Waals surface area contributed by atoms with Crippen molar-refractivity contribution in [2.75, 3.05) is 36.4 Å². The second-order valence-corrected chi connectivity index (χ2v) is 8.99. The fraction of sp³-hybridized carbons (Fsp3) is 0.682. The third-order valence-electron chi connectivity index (χ3n) is 7.01. The molecule has 1 aromatic rings. The number of carboxylic acid groups (broad SMARTS) is 1. The number of piperazine rings is 1. The second-order valence-electron chi connectivity index (χ2n) is 8.99. The number of halogens is 1. The fourth-order valence-electron chi connectivity index (χ4n) is 5.13. The molecule has 0 radical (unpaired) electrons. The van der Waals surface area contributed by atoms with E-state index in [9.17, 15) is 24.5 Å². The number of rotatable bonds is 5. The highest BCUT2D eigenvalue weighted by Crippen LogP contribution is 2.30. The number of aliphatic hydroxyl groups excluding tert-OH is 2. The molecule has 3 atom stereocenters. The SMILES string of the molecule is O=C(O)C1CCC(N2CCN(c3ccc(NC4CCC(O)NC4O)cc3F)CC2)CC1. The summed E-state index contributed by atoms with van der Waals surface area (Å²) < 4.78 is 14.8. The third-order valence-corrected chi connectivity index (χ3v) is 7.01. The van der Waals surface area contributed by atoms with Crippen molar-refractivity contribution < 1.29 is 24.5 Å². The molecule has 31 heavy (non-hydrogen) atoms. The number of carboxylic acids is 1. The summed E-state index contributed by atoms with van der Waals surface area (Å²) in [5.74, 6) is -1.17.